The number of nitrogens with one attached hydrogen (secondary N) is 1. The third-order valence-electron chi connectivity index (χ3n) is 2.56. The zero-order chi connectivity index (χ0) is 12.1. The predicted molar refractivity (Wildman–Crippen MR) is 55.9 cm³/mol. The second-order valence-corrected chi connectivity index (χ2v) is 4.48. The molecule has 15 heavy (non-hydrogen) atoms. The first-order chi connectivity index (χ1) is 6.72. The third kappa shape index (κ3) is 6.73. The molecule has 0 aromatic heterocycles. The van der Waals surface area contributed by atoms with Gasteiger partial charge in [-0.1, -0.05) is 13.8 Å². The topological polar surface area (TPSA) is 15.3 Å². The van der Waals surface area contributed by atoms with Crippen LogP contribution in [0, 0.1) is 5.41 Å². The molecule has 0 aliphatic carbocycles. The monoisotopic (exact) mass is 226 g/mol. The van der Waals surface area contributed by atoms with Crippen molar-refractivity contribution in [1.29, 1.82) is 0 Å². The Balaban J connectivity index is 4.18. The fraction of sp³-hybridized carbons (Fsp3) is 1.00. The maximum atomic E-state index is 12.1. The third-order valence-corrected chi connectivity index (χ3v) is 2.56. The molecule has 0 bridgehead atoms. The fourth-order valence-corrected chi connectivity index (χ4v) is 1.73. The van der Waals surface area contributed by atoms with Crippen molar-refractivity contribution in [2.24, 2.45) is 5.41 Å². The molecule has 0 aromatic carbocycles. The molecule has 5 heteroatoms. The van der Waals surface area contributed by atoms with E-state index in [1.165, 1.54) is 11.9 Å². The first kappa shape index (κ1) is 14.7. The Morgan fingerprint density at radius 2 is 1.73 bits per heavy atom. The lowest BCUT2D eigenvalue weighted by atomic mass is 9.87. The molecule has 0 heterocycles. The van der Waals surface area contributed by atoms with E-state index in [9.17, 15) is 13.2 Å². The number of nitrogens with zero attached hydrogens (tertiary/aromatic N) is 1. The zero-order valence-electron chi connectivity index (χ0n) is 9.91. The molecule has 0 saturated heterocycles. The molecule has 1 atom stereocenters. The molecule has 0 aliphatic rings. The largest absolute Gasteiger partial charge is 0.401 e. The van der Waals surface area contributed by atoms with Crippen LogP contribution in [0.4, 0.5) is 13.2 Å². The summed E-state index contributed by atoms with van der Waals surface area (Å²) in [7, 11) is 3.33. The minimum Gasteiger partial charge on any atom is -0.319 e. The molecule has 92 valence electrons. The molecule has 0 aliphatic heterocycles. The van der Waals surface area contributed by atoms with Crippen LogP contribution in [0.5, 0.6) is 0 Å². The highest BCUT2D eigenvalue weighted by Gasteiger charge is 2.32. The fourth-order valence-electron chi connectivity index (χ4n) is 1.73. The first-order valence-corrected chi connectivity index (χ1v) is 5.12. The average molecular weight is 226 g/mol. The van der Waals surface area contributed by atoms with Crippen LogP contribution >= 0.6 is 0 Å². The SMILES string of the molecule is CCC(C)(CNC)CN(C)CC(F)(F)F. The molecule has 0 radical (unpaired) electrons. The summed E-state index contributed by atoms with van der Waals surface area (Å²) in [6.07, 6.45) is -3.25. The van der Waals surface area contributed by atoms with Gasteiger partial charge in [0.1, 0.15) is 0 Å². The van der Waals surface area contributed by atoms with E-state index in [0.29, 0.717) is 6.54 Å². The van der Waals surface area contributed by atoms with Gasteiger partial charge in [-0.15, -0.1) is 0 Å². The second-order valence-electron chi connectivity index (χ2n) is 4.48. The van der Waals surface area contributed by atoms with Crippen LogP contribution in [0.25, 0.3) is 0 Å². The minimum absolute atomic E-state index is 0.102. The van der Waals surface area contributed by atoms with Crippen molar-refractivity contribution in [3.8, 4) is 0 Å². The van der Waals surface area contributed by atoms with Gasteiger partial charge in [0.25, 0.3) is 0 Å². The van der Waals surface area contributed by atoms with Crippen molar-refractivity contribution < 1.29 is 13.2 Å². The van der Waals surface area contributed by atoms with Crippen LogP contribution in [-0.2, 0) is 0 Å². The van der Waals surface area contributed by atoms with E-state index < -0.39 is 12.7 Å². The Bertz CT molecular complexity index is 182. The normalized spacial score (nSPS) is 16.8. The standard InChI is InChI=1S/C10H21F3N2/c1-5-9(2,6-14-3)7-15(4)8-10(11,12)13/h14H,5-8H2,1-4H3. The summed E-state index contributed by atoms with van der Waals surface area (Å²) < 4.78 is 36.3. The maximum Gasteiger partial charge on any atom is 0.401 e. The van der Waals surface area contributed by atoms with Crippen molar-refractivity contribution in [3.63, 3.8) is 0 Å². The molecule has 0 rings (SSSR count). The highest BCUT2D eigenvalue weighted by molar-refractivity contribution is 4.78. The lowest BCUT2D eigenvalue weighted by Crippen LogP contribution is -2.42. The summed E-state index contributed by atoms with van der Waals surface area (Å²) >= 11 is 0. The van der Waals surface area contributed by atoms with Crippen molar-refractivity contribution in [3.05, 3.63) is 0 Å². The highest BCUT2D eigenvalue weighted by Crippen LogP contribution is 2.23. The number of halogens is 3. The van der Waals surface area contributed by atoms with Gasteiger partial charge < -0.3 is 5.32 Å². The van der Waals surface area contributed by atoms with Gasteiger partial charge >= 0.3 is 6.18 Å². The summed E-state index contributed by atoms with van der Waals surface area (Å²) in [4.78, 5) is 1.33. The molecule has 1 unspecified atom stereocenters. The second kappa shape index (κ2) is 5.70. The maximum absolute atomic E-state index is 12.1. The van der Waals surface area contributed by atoms with E-state index in [0.717, 1.165) is 13.0 Å². The van der Waals surface area contributed by atoms with Gasteiger partial charge in [0, 0.05) is 13.1 Å². The van der Waals surface area contributed by atoms with Gasteiger partial charge in [0.05, 0.1) is 6.54 Å². The van der Waals surface area contributed by atoms with Gasteiger partial charge in [-0.05, 0) is 25.9 Å². The average Bonchev–Trinajstić information content (AvgIpc) is 2.00. The van der Waals surface area contributed by atoms with Crippen LogP contribution < -0.4 is 5.32 Å². The Hall–Kier alpha value is -0.290. The molecule has 0 fully saturated rings. The molecule has 0 spiro atoms. The molecule has 0 saturated carbocycles. The predicted octanol–water partition coefficient (Wildman–Crippen LogP) is 2.12. The number of hydrogen-bond acceptors (Lipinski definition) is 2. The number of rotatable bonds is 6. The quantitative estimate of drug-likeness (QED) is 0.746. The molecule has 0 amide bonds. The van der Waals surface area contributed by atoms with Crippen molar-refractivity contribution in [1.82, 2.24) is 10.2 Å². The van der Waals surface area contributed by atoms with Crippen molar-refractivity contribution in [2.45, 2.75) is 26.4 Å². The molecule has 1 N–H and O–H groups in total. The Morgan fingerprint density at radius 1 is 1.20 bits per heavy atom. The van der Waals surface area contributed by atoms with E-state index in [4.69, 9.17) is 0 Å². The molecule has 0 aromatic rings. The molecular formula is C10H21F3N2. The summed E-state index contributed by atoms with van der Waals surface area (Å²) in [5.74, 6) is 0. The Morgan fingerprint density at radius 3 is 2.07 bits per heavy atom. The lowest BCUT2D eigenvalue weighted by Gasteiger charge is -2.33. The van der Waals surface area contributed by atoms with Crippen LogP contribution in [0.1, 0.15) is 20.3 Å². The van der Waals surface area contributed by atoms with E-state index in [1.54, 1.807) is 0 Å². The van der Waals surface area contributed by atoms with Crippen molar-refractivity contribution in [2.75, 3.05) is 33.7 Å². The van der Waals surface area contributed by atoms with Gasteiger partial charge in [-0.25, -0.2) is 0 Å². The van der Waals surface area contributed by atoms with E-state index in [2.05, 4.69) is 5.32 Å². The molecule has 2 nitrogen and oxygen atoms in total. The minimum atomic E-state index is -4.11. The summed E-state index contributed by atoms with van der Waals surface area (Å²) in [5, 5.41) is 3.02. The van der Waals surface area contributed by atoms with Crippen LogP contribution in [-0.4, -0.2) is 44.8 Å². The van der Waals surface area contributed by atoms with Crippen LogP contribution in [0.2, 0.25) is 0 Å². The van der Waals surface area contributed by atoms with Gasteiger partial charge in [0.2, 0.25) is 0 Å². The number of hydrogen-bond donors (Lipinski definition) is 1. The Kier molecular flexibility index (Phi) is 5.59. The van der Waals surface area contributed by atoms with Gasteiger partial charge in [-0.2, -0.15) is 13.2 Å². The lowest BCUT2D eigenvalue weighted by molar-refractivity contribution is -0.145. The van der Waals surface area contributed by atoms with Crippen LogP contribution in [0.15, 0.2) is 0 Å². The van der Waals surface area contributed by atoms with E-state index in [-0.39, 0.29) is 5.41 Å². The van der Waals surface area contributed by atoms with Crippen LogP contribution in [0.3, 0.4) is 0 Å². The highest BCUT2D eigenvalue weighted by atomic mass is 19.4. The number of alkyl halides is 3. The van der Waals surface area contributed by atoms with E-state index in [1.807, 2.05) is 20.9 Å². The zero-order valence-corrected chi connectivity index (χ0v) is 9.91. The van der Waals surface area contributed by atoms with Gasteiger partial charge in [0.15, 0.2) is 0 Å². The Labute approximate surface area is 89.8 Å². The summed E-state index contributed by atoms with van der Waals surface area (Å²) in [6.45, 7) is 4.33. The molecular weight excluding hydrogens is 205 g/mol. The van der Waals surface area contributed by atoms with E-state index >= 15 is 0 Å². The summed E-state index contributed by atoms with van der Waals surface area (Å²) in [6, 6.07) is 0. The summed E-state index contributed by atoms with van der Waals surface area (Å²) in [5.41, 5.74) is -0.102. The van der Waals surface area contributed by atoms with Crippen molar-refractivity contribution >= 4 is 0 Å². The first-order valence-electron chi connectivity index (χ1n) is 5.12. The smallest absolute Gasteiger partial charge is 0.319 e. The van der Waals surface area contributed by atoms with Gasteiger partial charge in [-0.3, -0.25) is 4.90 Å².